The van der Waals surface area contributed by atoms with Crippen LogP contribution in [0.15, 0.2) is 46.6 Å². The summed E-state index contributed by atoms with van der Waals surface area (Å²) in [6, 6.07) is 12.8. The Morgan fingerprint density at radius 1 is 1.21 bits per heavy atom. The molecule has 1 N–H and O–H groups in total. The van der Waals surface area contributed by atoms with Crippen LogP contribution >= 0.6 is 22.7 Å². The minimum Gasteiger partial charge on any atom is -0.300 e. The van der Waals surface area contributed by atoms with Gasteiger partial charge in [0.1, 0.15) is 5.01 Å². The molecule has 7 heteroatoms. The highest BCUT2D eigenvalue weighted by Crippen LogP contribution is 2.30. The first-order valence-corrected chi connectivity index (χ1v) is 11.7. The Bertz CT molecular complexity index is 1210. The van der Waals surface area contributed by atoms with Crippen molar-refractivity contribution in [2.24, 2.45) is 0 Å². The Morgan fingerprint density at radius 2 is 2.10 bits per heavy atom. The molecule has 148 valence electrons. The van der Waals surface area contributed by atoms with Crippen molar-refractivity contribution in [3.63, 3.8) is 0 Å². The molecule has 3 aromatic heterocycles. The molecule has 0 spiro atoms. The van der Waals surface area contributed by atoms with Crippen molar-refractivity contribution in [3.8, 4) is 0 Å². The third kappa shape index (κ3) is 3.66. The summed E-state index contributed by atoms with van der Waals surface area (Å²) < 4.78 is 1.41. The van der Waals surface area contributed by atoms with Crippen LogP contribution in [0.25, 0.3) is 4.96 Å². The van der Waals surface area contributed by atoms with E-state index in [1.807, 2.05) is 6.92 Å². The van der Waals surface area contributed by atoms with E-state index in [0.717, 1.165) is 17.1 Å². The molecule has 0 aliphatic heterocycles. The second-order valence-corrected chi connectivity index (χ2v) is 9.36. The Labute approximate surface area is 177 Å². The maximum Gasteiger partial charge on any atom is 0.275 e. The summed E-state index contributed by atoms with van der Waals surface area (Å²) in [4.78, 5) is 19.0. The van der Waals surface area contributed by atoms with E-state index in [0.29, 0.717) is 11.5 Å². The zero-order valence-electron chi connectivity index (χ0n) is 16.2. The first kappa shape index (κ1) is 18.7. The second-order valence-electron chi connectivity index (χ2n) is 7.34. The van der Waals surface area contributed by atoms with Crippen LogP contribution < -0.4 is 10.9 Å². The van der Waals surface area contributed by atoms with Crippen molar-refractivity contribution in [1.82, 2.24) is 19.9 Å². The van der Waals surface area contributed by atoms with E-state index in [1.54, 1.807) is 17.4 Å². The molecule has 0 fully saturated rings. The SMILES string of the molecule is CCc1nn2c(=O)cc(CN[C@H](c3ccc4c(c3)CCC4)c3cccs3)nc2s1. The Hall–Kier alpha value is -2.35. The molecule has 0 saturated heterocycles. The third-order valence-electron chi connectivity index (χ3n) is 5.41. The van der Waals surface area contributed by atoms with Crippen LogP contribution in [0.5, 0.6) is 0 Å². The lowest BCUT2D eigenvalue weighted by Crippen LogP contribution is -2.24. The molecule has 1 atom stereocenters. The number of benzene rings is 1. The highest BCUT2D eigenvalue weighted by atomic mass is 32.1. The number of rotatable bonds is 6. The van der Waals surface area contributed by atoms with E-state index in [-0.39, 0.29) is 11.6 Å². The monoisotopic (exact) mass is 422 g/mol. The summed E-state index contributed by atoms with van der Waals surface area (Å²) in [5.74, 6) is 0. The number of fused-ring (bicyclic) bond motifs is 2. The largest absolute Gasteiger partial charge is 0.300 e. The van der Waals surface area contributed by atoms with Gasteiger partial charge in [-0.25, -0.2) is 4.98 Å². The van der Waals surface area contributed by atoms with Gasteiger partial charge >= 0.3 is 0 Å². The lowest BCUT2D eigenvalue weighted by Gasteiger charge is -2.19. The van der Waals surface area contributed by atoms with E-state index in [9.17, 15) is 4.79 Å². The standard InChI is InChI=1S/C22H22N4OS2/c1-2-19-25-26-20(27)12-17(24-22(26)29-19)13-23-21(18-7-4-10-28-18)16-9-8-14-5-3-6-15(14)11-16/h4,7-12,21,23H,2-3,5-6,13H2,1H3/t21-/m1/s1. The van der Waals surface area contributed by atoms with E-state index in [2.05, 4.69) is 51.1 Å². The number of aryl methyl sites for hydroxylation is 3. The lowest BCUT2D eigenvalue weighted by atomic mass is 10.00. The van der Waals surface area contributed by atoms with Gasteiger partial charge in [0.2, 0.25) is 4.96 Å². The molecule has 1 aliphatic carbocycles. The number of aromatic nitrogens is 3. The van der Waals surface area contributed by atoms with Crippen LogP contribution in [0.4, 0.5) is 0 Å². The summed E-state index contributed by atoms with van der Waals surface area (Å²) in [6.07, 6.45) is 4.41. The maximum absolute atomic E-state index is 12.4. The minimum absolute atomic E-state index is 0.0915. The lowest BCUT2D eigenvalue weighted by molar-refractivity contribution is 0.603. The van der Waals surface area contributed by atoms with Gasteiger partial charge in [0, 0.05) is 17.5 Å². The van der Waals surface area contributed by atoms with Crippen molar-refractivity contribution in [3.05, 3.63) is 84.4 Å². The summed E-state index contributed by atoms with van der Waals surface area (Å²) in [5.41, 5.74) is 4.87. The summed E-state index contributed by atoms with van der Waals surface area (Å²) >= 11 is 3.23. The normalized spacial score (nSPS) is 14.4. The molecule has 1 aromatic carbocycles. The zero-order chi connectivity index (χ0) is 19.8. The molecule has 0 bridgehead atoms. The number of hydrogen-bond acceptors (Lipinski definition) is 6. The number of hydrogen-bond donors (Lipinski definition) is 1. The van der Waals surface area contributed by atoms with E-state index in [1.165, 1.54) is 56.7 Å². The minimum atomic E-state index is -0.118. The Balaban J connectivity index is 1.44. The highest BCUT2D eigenvalue weighted by molar-refractivity contribution is 7.16. The Kier molecular flexibility index (Phi) is 5.03. The van der Waals surface area contributed by atoms with Gasteiger partial charge in [-0.3, -0.25) is 10.1 Å². The van der Waals surface area contributed by atoms with Gasteiger partial charge in [-0.05, 0) is 53.8 Å². The van der Waals surface area contributed by atoms with Crippen molar-refractivity contribution in [2.45, 2.75) is 45.2 Å². The number of nitrogens with one attached hydrogen (secondary N) is 1. The van der Waals surface area contributed by atoms with E-state index in [4.69, 9.17) is 0 Å². The summed E-state index contributed by atoms with van der Waals surface area (Å²) in [6.45, 7) is 2.57. The molecule has 29 heavy (non-hydrogen) atoms. The third-order valence-corrected chi connectivity index (χ3v) is 7.40. The molecule has 0 amide bonds. The second kappa shape index (κ2) is 7.82. The smallest absolute Gasteiger partial charge is 0.275 e. The molecular weight excluding hydrogens is 400 g/mol. The molecule has 4 aromatic rings. The summed E-state index contributed by atoms with van der Waals surface area (Å²) in [7, 11) is 0. The fraction of sp³-hybridized carbons (Fsp3) is 0.318. The fourth-order valence-corrected chi connectivity index (χ4v) is 5.63. The molecular formula is C22H22N4OS2. The molecule has 1 aliphatic rings. The van der Waals surface area contributed by atoms with Crippen molar-refractivity contribution in [2.75, 3.05) is 0 Å². The highest BCUT2D eigenvalue weighted by Gasteiger charge is 2.19. The van der Waals surface area contributed by atoms with Gasteiger partial charge in [0.05, 0.1) is 11.7 Å². The van der Waals surface area contributed by atoms with Crippen molar-refractivity contribution in [1.29, 1.82) is 0 Å². The van der Waals surface area contributed by atoms with Gasteiger partial charge < -0.3 is 0 Å². The van der Waals surface area contributed by atoms with Crippen LogP contribution in [0.3, 0.4) is 0 Å². The van der Waals surface area contributed by atoms with E-state index < -0.39 is 0 Å². The van der Waals surface area contributed by atoms with Gasteiger partial charge in [0.25, 0.3) is 5.56 Å². The molecule has 0 saturated carbocycles. The molecule has 0 radical (unpaired) electrons. The van der Waals surface area contributed by atoms with E-state index >= 15 is 0 Å². The summed E-state index contributed by atoms with van der Waals surface area (Å²) in [5, 5.41) is 11.0. The maximum atomic E-state index is 12.4. The zero-order valence-corrected chi connectivity index (χ0v) is 17.9. The van der Waals surface area contributed by atoms with Crippen LogP contribution in [0, 0.1) is 0 Å². The van der Waals surface area contributed by atoms with Crippen LogP contribution in [0.1, 0.15) is 51.7 Å². The van der Waals surface area contributed by atoms with Crippen LogP contribution in [-0.2, 0) is 25.8 Å². The first-order valence-electron chi connectivity index (χ1n) is 9.98. The van der Waals surface area contributed by atoms with Gasteiger partial charge in [0.15, 0.2) is 0 Å². The Morgan fingerprint density at radius 3 is 2.93 bits per heavy atom. The molecule has 3 heterocycles. The molecule has 0 unspecified atom stereocenters. The van der Waals surface area contributed by atoms with Crippen LogP contribution in [0.2, 0.25) is 0 Å². The average molecular weight is 423 g/mol. The van der Waals surface area contributed by atoms with Crippen molar-refractivity contribution < 1.29 is 0 Å². The fourth-order valence-electron chi connectivity index (χ4n) is 3.95. The quantitative estimate of drug-likeness (QED) is 0.507. The molecule has 5 nitrogen and oxygen atoms in total. The predicted molar refractivity (Wildman–Crippen MR) is 118 cm³/mol. The van der Waals surface area contributed by atoms with Gasteiger partial charge in [-0.2, -0.15) is 9.61 Å². The first-order chi connectivity index (χ1) is 14.2. The molecule has 5 rings (SSSR count). The van der Waals surface area contributed by atoms with Gasteiger partial charge in [-0.15, -0.1) is 11.3 Å². The number of nitrogens with zero attached hydrogens (tertiary/aromatic N) is 3. The topological polar surface area (TPSA) is 59.3 Å². The van der Waals surface area contributed by atoms with Gasteiger partial charge in [-0.1, -0.05) is 42.5 Å². The average Bonchev–Trinajstić information content (AvgIpc) is 3.48. The van der Waals surface area contributed by atoms with Crippen molar-refractivity contribution >= 4 is 27.6 Å². The van der Waals surface area contributed by atoms with Crippen LogP contribution in [-0.4, -0.2) is 14.6 Å². The predicted octanol–water partition coefficient (Wildman–Crippen LogP) is 4.14. The number of thiophene rings is 1.